The van der Waals surface area contributed by atoms with E-state index in [4.69, 9.17) is 0 Å². The van der Waals surface area contributed by atoms with E-state index < -0.39 is 10.8 Å². The lowest BCUT2D eigenvalue weighted by Gasteiger charge is -2.24. The average molecular weight is 312 g/mol. The van der Waals surface area contributed by atoms with Gasteiger partial charge in [-0.2, -0.15) is 0 Å². The van der Waals surface area contributed by atoms with Crippen LogP contribution in [0.25, 0.3) is 0 Å². The van der Waals surface area contributed by atoms with Crippen LogP contribution in [0.2, 0.25) is 0 Å². The van der Waals surface area contributed by atoms with Crippen molar-refractivity contribution in [1.29, 1.82) is 0 Å². The van der Waals surface area contributed by atoms with Gasteiger partial charge in [-0.3, -0.25) is 14.3 Å². The molecule has 1 aromatic rings. The third kappa shape index (κ3) is 3.68. The van der Waals surface area contributed by atoms with Gasteiger partial charge >= 0.3 is 0 Å². The van der Waals surface area contributed by atoms with Crippen molar-refractivity contribution in [3.63, 3.8) is 0 Å². The second-order valence-electron chi connectivity index (χ2n) is 5.65. The van der Waals surface area contributed by atoms with E-state index in [0.717, 1.165) is 5.56 Å². The number of hydrogen-bond donors (Lipinski definition) is 1. The summed E-state index contributed by atoms with van der Waals surface area (Å²) < 4.78 is 24.4. The topological polar surface area (TPSA) is 49.4 Å². The molecule has 3 unspecified atom stereocenters. The van der Waals surface area contributed by atoms with Gasteiger partial charge in [-0.05, 0) is 23.6 Å². The Labute approximate surface area is 127 Å². The summed E-state index contributed by atoms with van der Waals surface area (Å²) in [6.07, 6.45) is 1.34. The number of hydrogen-bond acceptors (Lipinski definition) is 3. The van der Waals surface area contributed by atoms with Crippen molar-refractivity contribution in [3.05, 3.63) is 35.6 Å². The summed E-state index contributed by atoms with van der Waals surface area (Å²) in [6, 6.07) is 5.88. The van der Waals surface area contributed by atoms with Crippen molar-refractivity contribution in [2.24, 2.45) is 5.92 Å². The second kappa shape index (κ2) is 6.66. The van der Waals surface area contributed by atoms with Crippen molar-refractivity contribution in [1.82, 2.24) is 10.2 Å². The highest BCUT2D eigenvalue weighted by molar-refractivity contribution is 7.84. The van der Waals surface area contributed by atoms with Crippen molar-refractivity contribution in [3.8, 4) is 0 Å². The third-order valence-corrected chi connectivity index (χ3v) is 4.43. The zero-order chi connectivity index (χ0) is 15.6. The molecule has 1 aromatic carbocycles. The standard InChI is InChI=1S/C15H21FN2O2S/c1-10(2)13-15(19)18(8-9-21(3)20)14(17-13)11-4-6-12(16)7-5-11/h4-7,10,13-14,17H,8-9H2,1-3H3. The van der Waals surface area contributed by atoms with Crippen molar-refractivity contribution >= 4 is 16.7 Å². The molecule has 1 saturated heterocycles. The molecule has 0 radical (unpaired) electrons. The number of halogens is 1. The third-order valence-electron chi connectivity index (χ3n) is 3.67. The Hall–Kier alpha value is -1.27. The van der Waals surface area contributed by atoms with E-state index in [-0.39, 0.29) is 29.8 Å². The van der Waals surface area contributed by atoms with Crippen LogP contribution in [-0.4, -0.2) is 39.6 Å². The largest absolute Gasteiger partial charge is 0.321 e. The fourth-order valence-corrected chi connectivity index (χ4v) is 2.96. The van der Waals surface area contributed by atoms with Gasteiger partial charge in [0.1, 0.15) is 12.0 Å². The summed E-state index contributed by atoms with van der Waals surface area (Å²) in [7, 11) is -0.955. The fourth-order valence-electron chi connectivity index (χ4n) is 2.50. The number of rotatable bonds is 5. The molecule has 0 saturated carbocycles. The van der Waals surface area contributed by atoms with Crippen LogP contribution in [0, 0.1) is 11.7 Å². The van der Waals surface area contributed by atoms with E-state index in [0.29, 0.717) is 12.3 Å². The minimum atomic E-state index is -0.955. The van der Waals surface area contributed by atoms with E-state index in [9.17, 15) is 13.4 Å². The van der Waals surface area contributed by atoms with Crippen LogP contribution in [-0.2, 0) is 15.6 Å². The molecule has 0 bridgehead atoms. The number of nitrogens with one attached hydrogen (secondary N) is 1. The Kier molecular flexibility index (Phi) is 5.11. The summed E-state index contributed by atoms with van der Waals surface area (Å²) in [5.41, 5.74) is 0.842. The molecule has 21 heavy (non-hydrogen) atoms. The van der Waals surface area contributed by atoms with Crippen LogP contribution in [0.5, 0.6) is 0 Å². The molecule has 1 heterocycles. The summed E-state index contributed by atoms with van der Waals surface area (Å²) in [6.45, 7) is 4.40. The molecule has 1 aliphatic heterocycles. The van der Waals surface area contributed by atoms with Gasteiger partial charge in [0.15, 0.2) is 0 Å². The van der Waals surface area contributed by atoms with Gasteiger partial charge in [-0.1, -0.05) is 26.0 Å². The SMILES string of the molecule is CC(C)C1NC(c2ccc(F)cc2)N(CCS(C)=O)C1=O. The van der Waals surface area contributed by atoms with Gasteiger partial charge in [-0.25, -0.2) is 4.39 Å². The van der Waals surface area contributed by atoms with Gasteiger partial charge in [0, 0.05) is 29.4 Å². The minimum absolute atomic E-state index is 0.0183. The summed E-state index contributed by atoms with van der Waals surface area (Å²) >= 11 is 0. The van der Waals surface area contributed by atoms with Crippen LogP contribution in [0.15, 0.2) is 24.3 Å². The van der Waals surface area contributed by atoms with E-state index in [1.165, 1.54) is 12.1 Å². The molecule has 116 valence electrons. The van der Waals surface area contributed by atoms with Crippen LogP contribution < -0.4 is 5.32 Å². The Morgan fingerprint density at radius 1 is 1.33 bits per heavy atom. The van der Waals surface area contributed by atoms with Crippen molar-refractivity contribution < 1.29 is 13.4 Å². The highest BCUT2D eigenvalue weighted by Gasteiger charge is 2.40. The second-order valence-corrected chi connectivity index (χ2v) is 7.21. The van der Waals surface area contributed by atoms with E-state index in [2.05, 4.69) is 5.32 Å². The van der Waals surface area contributed by atoms with Crippen LogP contribution in [0.3, 0.4) is 0 Å². The van der Waals surface area contributed by atoms with Crippen LogP contribution in [0.4, 0.5) is 4.39 Å². The Bertz CT molecular complexity index is 533. The Morgan fingerprint density at radius 2 is 1.95 bits per heavy atom. The van der Waals surface area contributed by atoms with Crippen molar-refractivity contribution in [2.45, 2.75) is 26.1 Å². The quantitative estimate of drug-likeness (QED) is 0.899. The maximum Gasteiger partial charge on any atom is 0.241 e. The van der Waals surface area contributed by atoms with E-state index in [1.807, 2.05) is 13.8 Å². The molecule has 4 nitrogen and oxygen atoms in total. The highest BCUT2D eigenvalue weighted by Crippen LogP contribution is 2.28. The lowest BCUT2D eigenvalue weighted by atomic mass is 10.1. The zero-order valence-corrected chi connectivity index (χ0v) is 13.3. The molecule has 1 fully saturated rings. The summed E-state index contributed by atoms with van der Waals surface area (Å²) in [5, 5.41) is 3.30. The van der Waals surface area contributed by atoms with Crippen molar-refractivity contribution in [2.75, 3.05) is 18.6 Å². The summed E-state index contributed by atoms with van der Waals surface area (Å²) in [5.74, 6) is 0.322. The van der Waals surface area contributed by atoms with E-state index in [1.54, 1.807) is 23.3 Å². The molecule has 0 aliphatic carbocycles. The first kappa shape index (κ1) is 16.1. The first-order chi connectivity index (χ1) is 9.90. The van der Waals surface area contributed by atoms with Crippen LogP contribution >= 0.6 is 0 Å². The maximum atomic E-state index is 13.1. The molecule has 1 aliphatic rings. The van der Waals surface area contributed by atoms with E-state index >= 15 is 0 Å². The zero-order valence-electron chi connectivity index (χ0n) is 12.5. The lowest BCUT2D eigenvalue weighted by molar-refractivity contribution is -0.130. The number of nitrogens with zero attached hydrogens (tertiary/aromatic N) is 1. The number of benzene rings is 1. The molecule has 1 N–H and O–H groups in total. The number of amides is 1. The smallest absolute Gasteiger partial charge is 0.241 e. The molecule has 0 spiro atoms. The average Bonchev–Trinajstić information content (AvgIpc) is 2.74. The lowest BCUT2D eigenvalue weighted by Crippen LogP contribution is -2.36. The molecule has 6 heteroatoms. The van der Waals surface area contributed by atoms with Gasteiger partial charge < -0.3 is 4.90 Å². The fraction of sp³-hybridized carbons (Fsp3) is 0.533. The normalized spacial score (nSPS) is 23.9. The minimum Gasteiger partial charge on any atom is -0.321 e. The molecular formula is C15H21FN2O2S. The van der Waals surface area contributed by atoms with Crippen LogP contribution in [0.1, 0.15) is 25.6 Å². The van der Waals surface area contributed by atoms with Gasteiger partial charge in [0.25, 0.3) is 0 Å². The van der Waals surface area contributed by atoms with Gasteiger partial charge in [0.05, 0.1) is 6.04 Å². The van der Waals surface area contributed by atoms with Gasteiger partial charge in [0.2, 0.25) is 5.91 Å². The molecule has 1 amide bonds. The first-order valence-electron chi connectivity index (χ1n) is 7.02. The summed E-state index contributed by atoms with van der Waals surface area (Å²) in [4.78, 5) is 14.2. The number of carbonyl (C=O) groups excluding carboxylic acids is 1. The molecule has 2 rings (SSSR count). The Balaban J connectivity index is 2.24. The predicted molar refractivity (Wildman–Crippen MR) is 81.5 cm³/mol. The monoisotopic (exact) mass is 312 g/mol. The molecular weight excluding hydrogens is 291 g/mol. The number of carbonyl (C=O) groups is 1. The predicted octanol–water partition coefficient (Wildman–Crippen LogP) is 1.66. The Morgan fingerprint density at radius 3 is 2.48 bits per heavy atom. The highest BCUT2D eigenvalue weighted by atomic mass is 32.2. The maximum absolute atomic E-state index is 13.1. The van der Waals surface area contributed by atoms with Gasteiger partial charge in [-0.15, -0.1) is 0 Å². The molecule has 3 atom stereocenters. The first-order valence-corrected chi connectivity index (χ1v) is 8.75. The molecule has 0 aromatic heterocycles.